The first-order valence-electron chi connectivity index (χ1n) is 6.71. The average molecular weight is 295 g/mol. The Labute approximate surface area is 125 Å². The second-order valence-electron chi connectivity index (χ2n) is 4.78. The molecule has 3 rings (SSSR count). The van der Waals surface area contributed by atoms with Gasteiger partial charge in [0.15, 0.2) is 0 Å². The van der Waals surface area contributed by atoms with Crippen LogP contribution in [0, 0.1) is 0 Å². The van der Waals surface area contributed by atoms with Gasteiger partial charge in [-0.3, -0.25) is 9.59 Å². The van der Waals surface area contributed by atoms with Gasteiger partial charge in [0.05, 0.1) is 12.0 Å². The Morgan fingerprint density at radius 3 is 2.55 bits per heavy atom. The molecule has 0 bridgehead atoms. The van der Waals surface area contributed by atoms with Gasteiger partial charge in [0.2, 0.25) is 5.43 Å². The molecule has 0 aliphatic heterocycles. The molecule has 0 atom stereocenters. The predicted molar refractivity (Wildman–Crippen MR) is 82.8 cm³/mol. The Morgan fingerprint density at radius 2 is 1.82 bits per heavy atom. The first-order valence-corrected chi connectivity index (χ1v) is 6.71. The first kappa shape index (κ1) is 14.0. The van der Waals surface area contributed by atoms with E-state index >= 15 is 0 Å². The highest BCUT2D eigenvalue weighted by atomic mass is 16.3. The van der Waals surface area contributed by atoms with Gasteiger partial charge in [0.1, 0.15) is 17.4 Å². The fraction of sp³-hybridized carbons (Fsp3) is 0.0588. The molecule has 0 radical (unpaired) electrons. The summed E-state index contributed by atoms with van der Waals surface area (Å²) in [6, 6.07) is 13.5. The summed E-state index contributed by atoms with van der Waals surface area (Å²) in [5.41, 5.74) is 1.30. The van der Waals surface area contributed by atoms with Gasteiger partial charge < -0.3 is 14.8 Å². The SMILES string of the molecule is O=C(Nc1ccc(CO)cc1)c1coc2ccccc2c1=O. The number of anilines is 1. The van der Waals surface area contributed by atoms with E-state index in [4.69, 9.17) is 9.52 Å². The van der Waals surface area contributed by atoms with Crippen molar-refractivity contribution in [3.63, 3.8) is 0 Å². The quantitative estimate of drug-likeness (QED) is 0.778. The molecule has 1 heterocycles. The van der Waals surface area contributed by atoms with Gasteiger partial charge in [-0.25, -0.2) is 0 Å². The fourth-order valence-electron chi connectivity index (χ4n) is 2.13. The van der Waals surface area contributed by atoms with Crippen LogP contribution in [0.15, 0.2) is 64.0 Å². The normalized spacial score (nSPS) is 10.6. The highest BCUT2D eigenvalue weighted by molar-refractivity contribution is 6.05. The summed E-state index contributed by atoms with van der Waals surface area (Å²) in [7, 11) is 0. The van der Waals surface area contributed by atoms with E-state index in [0.717, 1.165) is 5.56 Å². The van der Waals surface area contributed by atoms with E-state index in [0.29, 0.717) is 16.7 Å². The van der Waals surface area contributed by atoms with Crippen molar-refractivity contribution in [2.45, 2.75) is 6.61 Å². The summed E-state index contributed by atoms with van der Waals surface area (Å²) in [5, 5.41) is 12.0. The van der Waals surface area contributed by atoms with Crippen molar-refractivity contribution >= 4 is 22.6 Å². The second kappa shape index (κ2) is 5.83. The molecule has 2 N–H and O–H groups in total. The predicted octanol–water partition coefficient (Wildman–Crippen LogP) is 2.54. The van der Waals surface area contributed by atoms with Crippen LogP contribution in [0.4, 0.5) is 5.69 Å². The molecule has 0 spiro atoms. The lowest BCUT2D eigenvalue weighted by atomic mass is 10.1. The van der Waals surface area contributed by atoms with Crippen LogP contribution >= 0.6 is 0 Å². The highest BCUT2D eigenvalue weighted by Crippen LogP contribution is 2.13. The number of hydrogen-bond acceptors (Lipinski definition) is 4. The van der Waals surface area contributed by atoms with Crippen molar-refractivity contribution < 1.29 is 14.3 Å². The lowest BCUT2D eigenvalue weighted by Gasteiger charge is -2.06. The number of fused-ring (bicyclic) bond motifs is 1. The van der Waals surface area contributed by atoms with Gasteiger partial charge in [-0.1, -0.05) is 24.3 Å². The van der Waals surface area contributed by atoms with Crippen LogP contribution in [0.25, 0.3) is 11.0 Å². The third kappa shape index (κ3) is 2.62. The van der Waals surface area contributed by atoms with Crippen molar-refractivity contribution in [1.82, 2.24) is 0 Å². The van der Waals surface area contributed by atoms with Crippen LogP contribution < -0.4 is 10.7 Å². The summed E-state index contributed by atoms with van der Waals surface area (Å²) in [6.07, 6.45) is 1.17. The van der Waals surface area contributed by atoms with Crippen LogP contribution in [0.1, 0.15) is 15.9 Å². The van der Waals surface area contributed by atoms with Crippen LogP contribution in [-0.4, -0.2) is 11.0 Å². The maximum atomic E-state index is 12.3. The number of rotatable bonds is 3. The summed E-state index contributed by atoms with van der Waals surface area (Å²) in [6.45, 7) is -0.0670. The summed E-state index contributed by atoms with van der Waals surface area (Å²) in [4.78, 5) is 24.5. The number of nitrogens with one attached hydrogen (secondary N) is 1. The molecule has 2 aromatic carbocycles. The molecule has 22 heavy (non-hydrogen) atoms. The van der Waals surface area contributed by atoms with Crippen LogP contribution in [0.2, 0.25) is 0 Å². The minimum absolute atomic E-state index is 0.0510. The van der Waals surface area contributed by atoms with E-state index in [2.05, 4.69) is 5.32 Å². The smallest absolute Gasteiger partial charge is 0.262 e. The Hall–Kier alpha value is -2.92. The largest absolute Gasteiger partial charge is 0.463 e. The molecule has 1 aromatic heterocycles. The average Bonchev–Trinajstić information content (AvgIpc) is 2.56. The Balaban J connectivity index is 1.91. The third-order valence-electron chi connectivity index (χ3n) is 3.32. The Kier molecular flexibility index (Phi) is 3.72. The zero-order valence-electron chi connectivity index (χ0n) is 11.6. The number of para-hydroxylation sites is 1. The number of aliphatic hydroxyl groups is 1. The van der Waals surface area contributed by atoms with Crippen molar-refractivity contribution in [1.29, 1.82) is 0 Å². The van der Waals surface area contributed by atoms with Crippen molar-refractivity contribution in [2.75, 3.05) is 5.32 Å². The monoisotopic (exact) mass is 295 g/mol. The standard InChI is InChI=1S/C17H13NO4/c19-9-11-5-7-12(8-6-11)18-17(21)14-10-22-15-4-2-1-3-13(15)16(14)20/h1-8,10,19H,9H2,(H,18,21). The van der Waals surface area contributed by atoms with Gasteiger partial charge >= 0.3 is 0 Å². The first-order chi connectivity index (χ1) is 10.7. The van der Waals surface area contributed by atoms with E-state index < -0.39 is 5.91 Å². The summed E-state index contributed by atoms with van der Waals surface area (Å²) >= 11 is 0. The number of carbonyl (C=O) groups excluding carboxylic acids is 1. The fourth-order valence-corrected chi connectivity index (χ4v) is 2.13. The molecule has 0 saturated carbocycles. The van der Waals surface area contributed by atoms with Crippen LogP contribution in [-0.2, 0) is 6.61 Å². The van der Waals surface area contributed by atoms with Crippen molar-refractivity contribution in [3.05, 3.63) is 76.1 Å². The van der Waals surface area contributed by atoms with Gasteiger partial charge in [0, 0.05) is 5.69 Å². The van der Waals surface area contributed by atoms with Crippen LogP contribution in [0.3, 0.4) is 0 Å². The summed E-state index contributed by atoms with van der Waals surface area (Å²) in [5.74, 6) is -0.531. The van der Waals surface area contributed by atoms with E-state index in [-0.39, 0.29) is 17.6 Å². The minimum Gasteiger partial charge on any atom is -0.463 e. The van der Waals surface area contributed by atoms with Gasteiger partial charge in [0.25, 0.3) is 5.91 Å². The third-order valence-corrected chi connectivity index (χ3v) is 3.32. The minimum atomic E-state index is -0.531. The number of hydrogen-bond donors (Lipinski definition) is 2. The molecular weight excluding hydrogens is 282 g/mol. The molecule has 110 valence electrons. The van der Waals surface area contributed by atoms with E-state index in [9.17, 15) is 9.59 Å². The highest BCUT2D eigenvalue weighted by Gasteiger charge is 2.14. The molecule has 5 nitrogen and oxygen atoms in total. The molecule has 0 unspecified atom stereocenters. The van der Waals surface area contributed by atoms with Gasteiger partial charge in [-0.15, -0.1) is 0 Å². The van der Waals surface area contributed by atoms with Crippen LogP contribution in [0.5, 0.6) is 0 Å². The molecule has 0 aliphatic carbocycles. The topological polar surface area (TPSA) is 79.5 Å². The molecule has 3 aromatic rings. The molecule has 5 heteroatoms. The Bertz CT molecular complexity index is 881. The maximum absolute atomic E-state index is 12.3. The van der Waals surface area contributed by atoms with Crippen molar-refractivity contribution in [2.24, 2.45) is 0 Å². The zero-order valence-corrected chi connectivity index (χ0v) is 11.6. The number of aliphatic hydroxyl groups excluding tert-OH is 1. The molecule has 0 saturated heterocycles. The van der Waals surface area contributed by atoms with E-state index in [1.54, 1.807) is 48.5 Å². The molecule has 0 aliphatic rings. The molecular formula is C17H13NO4. The lowest BCUT2D eigenvalue weighted by molar-refractivity contribution is 0.102. The zero-order chi connectivity index (χ0) is 15.5. The Morgan fingerprint density at radius 1 is 1.09 bits per heavy atom. The molecule has 0 fully saturated rings. The lowest BCUT2D eigenvalue weighted by Crippen LogP contribution is -2.21. The number of benzene rings is 2. The maximum Gasteiger partial charge on any atom is 0.262 e. The van der Waals surface area contributed by atoms with E-state index in [1.165, 1.54) is 6.26 Å². The van der Waals surface area contributed by atoms with Gasteiger partial charge in [-0.05, 0) is 29.8 Å². The number of amides is 1. The second-order valence-corrected chi connectivity index (χ2v) is 4.78. The van der Waals surface area contributed by atoms with Crippen molar-refractivity contribution in [3.8, 4) is 0 Å². The van der Waals surface area contributed by atoms with E-state index in [1.807, 2.05) is 0 Å². The molecule has 1 amide bonds. The van der Waals surface area contributed by atoms with Gasteiger partial charge in [-0.2, -0.15) is 0 Å². The summed E-state index contributed by atoms with van der Waals surface area (Å²) < 4.78 is 5.33. The number of carbonyl (C=O) groups is 1.